The van der Waals surface area contributed by atoms with Crippen LogP contribution >= 0.6 is 34.3 Å². The predicted molar refractivity (Wildman–Crippen MR) is 97.0 cm³/mol. The summed E-state index contributed by atoms with van der Waals surface area (Å²) >= 11 is 8.70. The average molecular weight is 388 g/mol. The number of ether oxygens (including phenoxy) is 1. The van der Waals surface area contributed by atoms with Crippen LogP contribution in [0.25, 0.3) is 9.88 Å². The normalized spacial score (nSPS) is 11.2. The van der Waals surface area contributed by atoms with E-state index in [1.165, 1.54) is 22.7 Å². The highest BCUT2D eigenvalue weighted by Crippen LogP contribution is 2.32. The first-order chi connectivity index (χ1) is 11.2. The number of nitrogens with one attached hydrogen (secondary N) is 2. The third-order valence-electron chi connectivity index (χ3n) is 2.60. The van der Waals surface area contributed by atoms with Crippen molar-refractivity contribution in [2.24, 2.45) is 0 Å². The molecule has 2 heterocycles. The van der Waals surface area contributed by atoms with Crippen LogP contribution in [0, 0.1) is 0 Å². The number of carbonyl (C=O) groups is 2. The molecule has 0 aromatic carbocycles. The van der Waals surface area contributed by atoms with Crippen LogP contribution in [0.15, 0.2) is 17.5 Å². The topological polar surface area (TPSA) is 80.3 Å². The second-order valence-electron chi connectivity index (χ2n) is 5.83. The smallest absolute Gasteiger partial charge is 0.407 e. The molecule has 0 bridgehead atoms. The van der Waals surface area contributed by atoms with Crippen LogP contribution in [0.2, 0.25) is 4.34 Å². The molecule has 6 nitrogen and oxygen atoms in total. The zero-order valence-corrected chi connectivity index (χ0v) is 15.9. The van der Waals surface area contributed by atoms with Gasteiger partial charge in [0.1, 0.15) is 16.3 Å². The van der Waals surface area contributed by atoms with Crippen LogP contribution < -0.4 is 10.6 Å². The number of amides is 2. The van der Waals surface area contributed by atoms with E-state index in [0.717, 1.165) is 9.88 Å². The first-order valence-corrected chi connectivity index (χ1v) is 9.28. The van der Waals surface area contributed by atoms with Crippen LogP contribution in [0.4, 0.5) is 4.79 Å². The van der Waals surface area contributed by atoms with Gasteiger partial charge in [0.15, 0.2) is 0 Å². The quantitative estimate of drug-likeness (QED) is 0.765. The fourth-order valence-electron chi connectivity index (χ4n) is 1.67. The van der Waals surface area contributed by atoms with Gasteiger partial charge in [0.2, 0.25) is 0 Å². The van der Waals surface area contributed by atoms with E-state index >= 15 is 0 Å². The Balaban J connectivity index is 1.77. The molecule has 0 aliphatic carbocycles. The number of halogens is 1. The van der Waals surface area contributed by atoms with Crippen molar-refractivity contribution in [3.05, 3.63) is 27.5 Å². The molecular weight excluding hydrogens is 370 g/mol. The number of nitrogens with zero attached hydrogens (tertiary/aromatic N) is 1. The zero-order valence-electron chi connectivity index (χ0n) is 13.5. The van der Waals surface area contributed by atoms with E-state index in [1.807, 2.05) is 6.07 Å². The predicted octanol–water partition coefficient (Wildman–Crippen LogP) is 3.78. The molecule has 0 aliphatic heterocycles. The lowest BCUT2D eigenvalue weighted by atomic mass is 10.2. The molecule has 0 radical (unpaired) electrons. The van der Waals surface area contributed by atoms with Crippen molar-refractivity contribution in [1.29, 1.82) is 0 Å². The van der Waals surface area contributed by atoms with Crippen molar-refractivity contribution in [3.8, 4) is 9.88 Å². The maximum atomic E-state index is 12.0. The van der Waals surface area contributed by atoms with Gasteiger partial charge in [-0.3, -0.25) is 4.79 Å². The van der Waals surface area contributed by atoms with Crippen molar-refractivity contribution in [2.75, 3.05) is 13.1 Å². The molecule has 0 spiro atoms. The standard InChI is InChI=1S/C15H18ClN3O3S2/c1-15(2,3)22-14(21)18-7-6-17-12(20)9-8-23-13(19-9)10-4-5-11(16)24-10/h4-5,8H,6-7H2,1-3H3,(H,17,20)(H,18,21). The van der Waals surface area contributed by atoms with E-state index in [4.69, 9.17) is 16.3 Å². The van der Waals surface area contributed by atoms with Crippen LogP contribution in [-0.4, -0.2) is 35.7 Å². The molecule has 0 atom stereocenters. The van der Waals surface area contributed by atoms with Crippen LogP contribution in [0.5, 0.6) is 0 Å². The largest absolute Gasteiger partial charge is 0.444 e. The molecule has 0 saturated heterocycles. The summed E-state index contributed by atoms with van der Waals surface area (Å²) in [6, 6.07) is 3.67. The minimum atomic E-state index is -0.547. The van der Waals surface area contributed by atoms with Crippen LogP contribution in [0.3, 0.4) is 0 Å². The molecule has 24 heavy (non-hydrogen) atoms. The molecule has 0 unspecified atom stereocenters. The number of thiophene rings is 1. The Morgan fingerprint density at radius 3 is 2.58 bits per heavy atom. The Bertz CT molecular complexity index is 722. The molecule has 2 amide bonds. The van der Waals surface area contributed by atoms with E-state index < -0.39 is 11.7 Å². The van der Waals surface area contributed by atoms with E-state index in [2.05, 4.69) is 15.6 Å². The highest BCUT2D eigenvalue weighted by Gasteiger charge is 2.16. The number of thiazole rings is 1. The molecule has 2 aromatic rings. The Labute approximate surface area is 153 Å². The summed E-state index contributed by atoms with van der Waals surface area (Å²) in [5.74, 6) is -0.286. The summed E-state index contributed by atoms with van der Waals surface area (Å²) in [6.45, 7) is 5.92. The summed E-state index contributed by atoms with van der Waals surface area (Å²) in [6.07, 6.45) is -0.512. The summed E-state index contributed by atoms with van der Waals surface area (Å²) in [4.78, 5) is 28.7. The Hall–Kier alpha value is -1.64. The monoisotopic (exact) mass is 387 g/mol. The van der Waals surface area contributed by atoms with Gasteiger partial charge in [-0.15, -0.1) is 22.7 Å². The fourth-order valence-corrected chi connectivity index (χ4v) is 3.58. The van der Waals surface area contributed by atoms with Gasteiger partial charge in [-0.05, 0) is 32.9 Å². The van der Waals surface area contributed by atoms with E-state index in [-0.39, 0.29) is 19.0 Å². The highest BCUT2D eigenvalue weighted by molar-refractivity contribution is 7.23. The Morgan fingerprint density at radius 2 is 1.96 bits per heavy atom. The van der Waals surface area contributed by atoms with E-state index in [1.54, 1.807) is 32.2 Å². The van der Waals surface area contributed by atoms with Gasteiger partial charge in [0.05, 0.1) is 9.21 Å². The summed E-state index contributed by atoms with van der Waals surface area (Å²) < 4.78 is 5.78. The maximum Gasteiger partial charge on any atom is 0.407 e. The summed E-state index contributed by atoms with van der Waals surface area (Å²) in [5.41, 5.74) is -0.202. The minimum Gasteiger partial charge on any atom is -0.444 e. The van der Waals surface area contributed by atoms with Gasteiger partial charge in [0, 0.05) is 18.5 Å². The highest BCUT2D eigenvalue weighted by atomic mass is 35.5. The maximum absolute atomic E-state index is 12.0. The molecular formula is C15H18ClN3O3S2. The molecule has 2 N–H and O–H groups in total. The summed E-state index contributed by atoms with van der Waals surface area (Å²) in [5, 5.41) is 7.72. The van der Waals surface area contributed by atoms with Gasteiger partial charge in [0.25, 0.3) is 5.91 Å². The van der Waals surface area contributed by atoms with Crippen molar-refractivity contribution < 1.29 is 14.3 Å². The first kappa shape index (κ1) is 18.7. The van der Waals surface area contributed by atoms with E-state index in [0.29, 0.717) is 10.0 Å². The van der Waals surface area contributed by atoms with Gasteiger partial charge >= 0.3 is 6.09 Å². The van der Waals surface area contributed by atoms with Gasteiger partial charge in [-0.1, -0.05) is 11.6 Å². The van der Waals surface area contributed by atoms with Crippen LogP contribution in [-0.2, 0) is 4.74 Å². The number of aromatic nitrogens is 1. The zero-order chi connectivity index (χ0) is 17.7. The minimum absolute atomic E-state index is 0.276. The second kappa shape index (κ2) is 7.96. The first-order valence-electron chi connectivity index (χ1n) is 7.21. The van der Waals surface area contributed by atoms with E-state index in [9.17, 15) is 9.59 Å². The Morgan fingerprint density at radius 1 is 1.25 bits per heavy atom. The number of hydrogen-bond acceptors (Lipinski definition) is 6. The lowest BCUT2D eigenvalue weighted by Gasteiger charge is -2.19. The Kier molecular flexibility index (Phi) is 6.20. The van der Waals surface area contributed by atoms with Gasteiger partial charge < -0.3 is 15.4 Å². The molecule has 130 valence electrons. The third-order valence-corrected chi connectivity index (χ3v) is 4.84. The second-order valence-corrected chi connectivity index (χ2v) is 8.40. The number of rotatable bonds is 5. The fraction of sp³-hybridized carbons (Fsp3) is 0.400. The average Bonchev–Trinajstić information content (AvgIpc) is 3.10. The molecule has 2 rings (SSSR count). The molecule has 9 heteroatoms. The molecule has 0 aliphatic rings. The lowest BCUT2D eigenvalue weighted by molar-refractivity contribution is 0.0526. The van der Waals surface area contributed by atoms with Crippen molar-refractivity contribution in [2.45, 2.75) is 26.4 Å². The molecule has 0 saturated carbocycles. The van der Waals surface area contributed by atoms with Crippen molar-refractivity contribution in [3.63, 3.8) is 0 Å². The lowest BCUT2D eigenvalue weighted by Crippen LogP contribution is -2.37. The SMILES string of the molecule is CC(C)(C)OC(=O)NCCNC(=O)c1csc(-c2ccc(Cl)s2)n1. The summed E-state index contributed by atoms with van der Waals surface area (Å²) in [7, 11) is 0. The number of alkyl carbamates (subject to hydrolysis) is 1. The van der Waals surface area contributed by atoms with Crippen molar-refractivity contribution in [1.82, 2.24) is 15.6 Å². The molecule has 0 fully saturated rings. The third kappa shape index (κ3) is 5.77. The van der Waals surface area contributed by atoms with Gasteiger partial charge in [-0.2, -0.15) is 0 Å². The van der Waals surface area contributed by atoms with Crippen LogP contribution in [0.1, 0.15) is 31.3 Å². The van der Waals surface area contributed by atoms with Gasteiger partial charge in [-0.25, -0.2) is 9.78 Å². The number of carbonyl (C=O) groups excluding carboxylic acids is 2. The molecule has 2 aromatic heterocycles. The number of hydrogen-bond donors (Lipinski definition) is 2. The van der Waals surface area contributed by atoms with Crippen molar-refractivity contribution >= 4 is 46.3 Å².